The molecule has 2 aromatic rings. The van der Waals surface area contributed by atoms with E-state index < -0.39 is 12.1 Å². The van der Waals surface area contributed by atoms with Gasteiger partial charge in [-0.2, -0.15) is 9.78 Å². The molecule has 7 nitrogen and oxygen atoms in total. The largest absolute Gasteiger partial charge is 0.494 e. The molecule has 0 saturated heterocycles. The van der Waals surface area contributed by atoms with E-state index >= 15 is 0 Å². The summed E-state index contributed by atoms with van der Waals surface area (Å²) in [7, 11) is 2.70. The fourth-order valence-corrected chi connectivity index (χ4v) is 1.80. The number of aromatic nitrogens is 2. The van der Waals surface area contributed by atoms with Crippen molar-refractivity contribution in [3.8, 4) is 5.75 Å². The average Bonchev–Trinajstić information content (AvgIpc) is 2.83. The maximum absolute atomic E-state index is 11.2. The van der Waals surface area contributed by atoms with Crippen molar-refractivity contribution in [3.63, 3.8) is 0 Å². The van der Waals surface area contributed by atoms with Gasteiger partial charge in [0, 0.05) is 11.5 Å². The first-order valence-corrected chi connectivity index (χ1v) is 5.63. The van der Waals surface area contributed by atoms with Gasteiger partial charge in [0.1, 0.15) is 11.3 Å². The van der Waals surface area contributed by atoms with Gasteiger partial charge in [0.15, 0.2) is 0 Å². The lowest BCUT2D eigenvalue weighted by Crippen LogP contribution is -2.10. The highest BCUT2D eigenvalue weighted by Crippen LogP contribution is 2.28. The van der Waals surface area contributed by atoms with Gasteiger partial charge in [-0.3, -0.25) is 0 Å². The second kappa shape index (κ2) is 5.43. The predicted molar refractivity (Wildman–Crippen MR) is 70.8 cm³/mol. The Morgan fingerprint density at radius 2 is 2.10 bits per heavy atom. The van der Waals surface area contributed by atoms with Crippen molar-refractivity contribution < 1.29 is 24.2 Å². The van der Waals surface area contributed by atoms with Crippen LogP contribution in [0, 0.1) is 0 Å². The Hall–Kier alpha value is -2.83. The summed E-state index contributed by atoms with van der Waals surface area (Å²) in [6, 6.07) is 5.04. The molecule has 0 amide bonds. The summed E-state index contributed by atoms with van der Waals surface area (Å²) >= 11 is 0. The number of methoxy groups -OCH3 is 2. The molecule has 0 unspecified atom stereocenters. The Kier molecular flexibility index (Phi) is 3.69. The van der Waals surface area contributed by atoms with Gasteiger partial charge in [-0.1, -0.05) is 12.1 Å². The van der Waals surface area contributed by atoms with Crippen molar-refractivity contribution in [2.24, 2.45) is 0 Å². The molecular formula is C13H12N2O5. The van der Waals surface area contributed by atoms with Gasteiger partial charge in [0.2, 0.25) is 0 Å². The fraction of sp³-hybridized carbons (Fsp3) is 0.154. The van der Waals surface area contributed by atoms with Gasteiger partial charge < -0.3 is 14.6 Å². The third-order valence-corrected chi connectivity index (χ3v) is 2.67. The second-order valence-corrected chi connectivity index (χ2v) is 3.79. The summed E-state index contributed by atoms with van der Waals surface area (Å²) in [5.41, 5.74) is 0.665. The van der Waals surface area contributed by atoms with Crippen molar-refractivity contribution in [3.05, 3.63) is 30.0 Å². The molecule has 0 aliphatic carbocycles. The van der Waals surface area contributed by atoms with Crippen LogP contribution in [-0.2, 0) is 9.53 Å². The molecule has 20 heavy (non-hydrogen) atoms. The van der Waals surface area contributed by atoms with E-state index in [1.165, 1.54) is 26.4 Å². The Morgan fingerprint density at radius 1 is 1.35 bits per heavy atom. The minimum atomic E-state index is -1.24. The molecule has 1 N–H and O–H groups in total. The van der Waals surface area contributed by atoms with E-state index in [0.717, 1.165) is 4.68 Å². The van der Waals surface area contributed by atoms with E-state index in [-0.39, 0.29) is 0 Å². The van der Waals surface area contributed by atoms with Crippen LogP contribution in [0.5, 0.6) is 5.75 Å². The number of fused-ring (bicyclic) bond motifs is 1. The molecule has 0 fully saturated rings. The molecule has 0 bridgehead atoms. The van der Waals surface area contributed by atoms with Crippen molar-refractivity contribution >= 4 is 29.0 Å². The number of carboxylic acid groups (broad SMARTS) is 1. The van der Waals surface area contributed by atoms with E-state index in [4.69, 9.17) is 9.84 Å². The van der Waals surface area contributed by atoms with Crippen molar-refractivity contribution in [2.75, 3.05) is 14.2 Å². The number of nitrogens with zero attached hydrogens (tertiary/aromatic N) is 2. The fourth-order valence-electron chi connectivity index (χ4n) is 1.80. The third-order valence-electron chi connectivity index (χ3n) is 2.67. The van der Waals surface area contributed by atoms with Crippen LogP contribution in [0.25, 0.3) is 17.0 Å². The van der Waals surface area contributed by atoms with Gasteiger partial charge in [-0.25, -0.2) is 9.59 Å². The maximum Gasteiger partial charge on any atom is 0.432 e. The summed E-state index contributed by atoms with van der Waals surface area (Å²) in [6.07, 6.45) is 1.33. The molecule has 1 aromatic carbocycles. The molecule has 104 valence electrons. The first-order valence-electron chi connectivity index (χ1n) is 5.63. The van der Waals surface area contributed by atoms with Crippen LogP contribution in [0.15, 0.2) is 24.3 Å². The van der Waals surface area contributed by atoms with Gasteiger partial charge >= 0.3 is 12.1 Å². The highest BCUT2D eigenvalue weighted by molar-refractivity contribution is 5.98. The zero-order valence-corrected chi connectivity index (χ0v) is 10.9. The van der Waals surface area contributed by atoms with Crippen molar-refractivity contribution in [1.82, 2.24) is 9.78 Å². The molecule has 7 heteroatoms. The molecule has 1 aromatic heterocycles. The highest BCUT2D eigenvalue weighted by atomic mass is 16.5. The lowest BCUT2D eigenvalue weighted by molar-refractivity contribution is -0.134. The van der Waals surface area contributed by atoms with Gasteiger partial charge in [0.05, 0.1) is 19.9 Å². The maximum atomic E-state index is 11.2. The summed E-state index contributed by atoms with van der Waals surface area (Å²) in [6.45, 7) is 0. The lowest BCUT2D eigenvalue weighted by Gasteiger charge is -2.02. The summed E-state index contributed by atoms with van der Waals surface area (Å²) in [5.74, 6) is -0.166. The zero-order valence-electron chi connectivity index (χ0n) is 10.9. The SMILES string of the molecule is COC(=O)/C=C/c1nn(C(=O)O)c2c(OC)cccc12. The van der Waals surface area contributed by atoms with Crippen LogP contribution in [0.2, 0.25) is 0 Å². The van der Waals surface area contributed by atoms with Crippen LogP contribution >= 0.6 is 0 Å². The van der Waals surface area contributed by atoms with E-state index in [1.807, 2.05) is 0 Å². The molecule has 0 spiro atoms. The normalized spacial score (nSPS) is 10.9. The first kappa shape index (κ1) is 13.6. The Bertz CT molecular complexity index is 702. The Balaban J connectivity index is 2.65. The number of ether oxygens (including phenoxy) is 2. The number of esters is 1. The Labute approximate surface area is 114 Å². The quantitative estimate of drug-likeness (QED) is 0.678. The number of carbonyl (C=O) groups is 2. The third kappa shape index (κ3) is 2.33. The van der Waals surface area contributed by atoms with Crippen LogP contribution in [-0.4, -0.2) is 41.2 Å². The Morgan fingerprint density at radius 3 is 2.70 bits per heavy atom. The first-order chi connectivity index (χ1) is 9.58. The summed E-state index contributed by atoms with van der Waals surface area (Å²) in [5, 5.41) is 13.7. The number of para-hydroxylation sites is 1. The average molecular weight is 276 g/mol. The topological polar surface area (TPSA) is 90.7 Å². The molecule has 0 atom stereocenters. The molecule has 0 aliphatic rings. The number of rotatable bonds is 3. The molecular weight excluding hydrogens is 264 g/mol. The molecule has 1 heterocycles. The summed E-state index contributed by atoms with van der Waals surface area (Å²) < 4.78 is 10.4. The van der Waals surface area contributed by atoms with Gasteiger partial charge in [0.25, 0.3) is 0 Å². The number of hydrogen-bond acceptors (Lipinski definition) is 5. The highest BCUT2D eigenvalue weighted by Gasteiger charge is 2.17. The standard InChI is InChI=1S/C13H12N2O5/c1-19-10-5-3-4-8-9(6-7-11(16)20-2)14-15(12(8)10)13(17)18/h3-7H,1-2H3,(H,17,18)/b7-6+. The molecule has 2 rings (SSSR count). The number of carbonyl (C=O) groups excluding carboxylic acids is 1. The minimum absolute atomic E-state index is 0.326. The van der Waals surface area contributed by atoms with E-state index in [0.29, 0.717) is 22.3 Å². The van der Waals surface area contributed by atoms with Crippen LogP contribution in [0.3, 0.4) is 0 Å². The predicted octanol–water partition coefficient (Wildman–Crippen LogP) is 1.76. The van der Waals surface area contributed by atoms with Crippen molar-refractivity contribution in [2.45, 2.75) is 0 Å². The zero-order chi connectivity index (χ0) is 14.7. The van der Waals surface area contributed by atoms with E-state index in [9.17, 15) is 9.59 Å². The smallest absolute Gasteiger partial charge is 0.432 e. The van der Waals surface area contributed by atoms with E-state index in [2.05, 4.69) is 9.84 Å². The van der Waals surface area contributed by atoms with Gasteiger partial charge in [-0.15, -0.1) is 0 Å². The number of hydrogen-bond donors (Lipinski definition) is 1. The molecule has 0 saturated carbocycles. The van der Waals surface area contributed by atoms with E-state index in [1.54, 1.807) is 18.2 Å². The molecule has 0 aliphatic heterocycles. The van der Waals surface area contributed by atoms with Crippen LogP contribution in [0.4, 0.5) is 4.79 Å². The second-order valence-electron chi connectivity index (χ2n) is 3.79. The number of benzene rings is 1. The van der Waals surface area contributed by atoms with Crippen LogP contribution in [0.1, 0.15) is 5.69 Å². The monoisotopic (exact) mass is 276 g/mol. The minimum Gasteiger partial charge on any atom is -0.494 e. The lowest BCUT2D eigenvalue weighted by atomic mass is 10.2. The molecule has 0 radical (unpaired) electrons. The van der Waals surface area contributed by atoms with Crippen molar-refractivity contribution in [1.29, 1.82) is 0 Å². The van der Waals surface area contributed by atoms with Gasteiger partial charge in [-0.05, 0) is 12.1 Å². The van der Waals surface area contributed by atoms with Crippen LogP contribution < -0.4 is 4.74 Å². The summed E-state index contributed by atoms with van der Waals surface area (Å²) in [4.78, 5) is 22.3.